The number of nitrogens with zero attached hydrogens (tertiary/aromatic N) is 4. The lowest BCUT2D eigenvalue weighted by molar-refractivity contribution is -0.307. The predicted octanol–water partition coefficient (Wildman–Crippen LogP) is 0.879. The summed E-state index contributed by atoms with van der Waals surface area (Å²) in [5, 5.41) is 14.7. The van der Waals surface area contributed by atoms with Crippen molar-refractivity contribution in [2.24, 2.45) is 4.99 Å². The van der Waals surface area contributed by atoms with Gasteiger partial charge in [-0.2, -0.15) is 4.99 Å². The van der Waals surface area contributed by atoms with E-state index in [1.165, 1.54) is 4.90 Å². The molecule has 1 amide bonds. The number of benzene rings is 1. The van der Waals surface area contributed by atoms with Crippen LogP contribution in [0.2, 0.25) is 5.02 Å². The van der Waals surface area contributed by atoms with E-state index in [1.54, 1.807) is 44.2 Å². The van der Waals surface area contributed by atoms with Crippen LogP contribution >= 0.6 is 11.6 Å². The Morgan fingerprint density at radius 1 is 1.27 bits per heavy atom. The minimum Gasteiger partial charge on any atom is -0.548 e. The second-order valence-corrected chi connectivity index (χ2v) is 6.26. The molecule has 0 spiro atoms. The first-order valence-electron chi connectivity index (χ1n) is 7.80. The standard InChI is InChI=1S/C17H16ClN5O3/c1-9-7-10(2)20-16(19-9)22-17-21-14(24)8-13(15(25)26)23(17)12-5-3-11(18)4-6-12/h3-7,13H,8H2,1-2H3,(H,25,26)(H,19,20,21,22,24)/p-1/t13-/m1/s1. The molecule has 0 bridgehead atoms. The van der Waals surface area contributed by atoms with Gasteiger partial charge in [0, 0.05) is 22.1 Å². The molecule has 1 aliphatic rings. The maximum absolute atomic E-state index is 12.0. The molecule has 0 radical (unpaired) electrons. The van der Waals surface area contributed by atoms with Crippen molar-refractivity contribution >= 4 is 41.1 Å². The molecule has 2 aromatic rings. The third kappa shape index (κ3) is 3.80. The predicted molar refractivity (Wildman–Crippen MR) is 94.1 cm³/mol. The third-order valence-electron chi connectivity index (χ3n) is 3.72. The number of carbonyl (C=O) groups is 2. The van der Waals surface area contributed by atoms with Gasteiger partial charge in [-0.05, 0) is 44.2 Å². The van der Waals surface area contributed by atoms with Crippen LogP contribution in [0, 0.1) is 13.8 Å². The summed E-state index contributed by atoms with van der Waals surface area (Å²) in [7, 11) is 0. The van der Waals surface area contributed by atoms with Gasteiger partial charge in [-0.1, -0.05) is 11.6 Å². The number of aryl methyl sites for hydroxylation is 2. The number of halogens is 1. The average molecular weight is 373 g/mol. The van der Waals surface area contributed by atoms with Crippen molar-refractivity contribution in [2.45, 2.75) is 26.3 Å². The maximum atomic E-state index is 12.0. The van der Waals surface area contributed by atoms with Crippen LogP contribution in [0.15, 0.2) is 35.3 Å². The Hall–Kier alpha value is -3.00. The largest absolute Gasteiger partial charge is 0.548 e. The Kier molecular flexibility index (Phi) is 4.85. The summed E-state index contributed by atoms with van der Waals surface area (Å²) in [6, 6.07) is 7.06. The van der Waals surface area contributed by atoms with E-state index in [1.807, 2.05) is 0 Å². The molecule has 0 saturated carbocycles. The molecule has 26 heavy (non-hydrogen) atoms. The SMILES string of the molecule is Cc1cc(C)nc(/N=C2\NC(=O)C[C@H](C(=O)[O-])N2c2ccc(Cl)cc2)n1. The first-order chi connectivity index (χ1) is 12.3. The maximum Gasteiger partial charge on any atom is 0.253 e. The topological polar surface area (TPSA) is 111 Å². The number of aromatic nitrogens is 2. The minimum absolute atomic E-state index is 0.0165. The van der Waals surface area contributed by atoms with Crippen molar-refractivity contribution in [3.63, 3.8) is 0 Å². The van der Waals surface area contributed by atoms with Gasteiger partial charge in [0.1, 0.15) is 0 Å². The number of hydrogen-bond acceptors (Lipinski definition) is 6. The number of rotatable bonds is 3. The van der Waals surface area contributed by atoms with Crippen molar-refractivity contribution in [3.05, 3.63) is 46.7 Å². The molecule has 134 valence electrons. The number of carboxylic acids is 1. The molecule has 3 rings (SSSR count). The van der Waals surface area contributed by atoms with Crippen LogP contribution in [0.1, 0.15) is 17.8 Å². The number of aliphatic carboxylic acids is 1. The van der Waals surface area contributed by atoms with E-state index < -0.39 is 17.9 Å². The van der Waals surface area contributed by atoms with E-state index >= 15 is 0 Å². The minimum atomic E-state index is -1.39. The molecular weight excluding hydrogens is 358 g/mol. The van der Waals surface area contributed by atoms with Gasteiger partial charge >= 0.3 is 0 Å². The summed E-state index contributed by atoms with van der Waals surface area (Å²) in [5.74, 6) is -1.73. The molecule has 9 heteroatoms. The molecule has 1 N–H and O–H groups in total. The first kappa shape index (κ1) is 17.8. The fourth-order valence-electron chi connectivity index (χ4n) is 2.68. The number of aliphatic imine (C=N–C) groups is 1. The summed E-state index contributed by atoms with van der Waals surface area (Å²) >= 11 is 5.91. The normalized spacial score (nSPS) is 18.7. The van der Waals surface area contributed by atoms with Crippen molar-refractivity contribution in [2.75, 3.05) is 4.90 Å². The average Bonchev–Trinajstić information content (AvgIpc) is 2.54. The van der Waals surface area contributed by atoms with Crippen LogP contribution < -0.4 is 15.3 Å². The van der Waals surface area contributed by atoms with Crippen LogP contribution in [0.3, 0.4) is 0 Å². The van der Waals surface area contributed by atoms with Gasteiger partial charge in [0.25, 0.3) is 5.95 Å². The van der Waals surface area contributed by atoms with Crippen LogP contribution in [0.25, 0.3) is 0 Å². The highest BCUT2D eigenvalue weighted by Crippen LogP contribution is 2.24. The highest BCUT2D eigenvalue weighted by atomic mass is 35.5. The number of amides is 1. The van der Waals surface area contributed by atoms with Crippen LogP contribution in [-0.4, -0.2) is 33.8 Å². The van der Waals surface area contributed by atoms with E-state index in [9.17, 15) is 14.7 Å². The van der Waals surface area contributed by atoms with Crippen molar-refractivity contribution in [1.29, 1.82) is 0 Å². The fourth-order valence-corrected chi connectivity index (χ4v) is 2.80. The van der Waals surface area contributed by atoms with E-state index in [0.29, 0.717) is 22.1 Å². The molecule has 1 saturated heterocycles. The van der Waals surface area contributed by atoms with Gasteiger partial charge in [-0.15, -0.1) is 0 Å². The van der Waals surface area contributed by atoms with E-state index in [0.717, 1.165) is 0 Å². The number of hydrogen-bond donors (Lipinski definition) is 1. The van der Waals surface area contributed by atoms with Gasteiger partial charge in [-0.25, -0.2) is 9.97 Å². The van der Waals surface area contributed by atoms with Gasteiger partial charge in [0.2, 0.25) is 11.9 Å². The number of carboxylic acid groups (broad SMARTS) is 1. The zero-order valence-electron chi connectivity index (χ0n) is 14.1. The Morgan fingerprint density at radius 3 is 2.46 bits per heavy atom. The molecule has 1 atom stereocenters. The van der Waals surface area contributed by atoms with E-state index in [4.69, 9.17) is 11.6 Å². The van der Waals surface area contributed by atoms with Crippen molar-refractivity contribution in [1.82, 2.24) is 15.3 Å². The van der Waals surface area contributed by atoms with E-state index in [-0.39, 0.29) is 18.3 Å². The van der Waals surface area contributed by atoms with Crippen LogP contribution in [0.4, 0.5) is 11.6 Å². The lowest BCUT2D eigenvalue weighted by Gasteiger charge is -2.38. The molecule has 1 aromatic heterocycles. The summed E-state index contributed by atoms with van der Waals surface area (Å²) < 4.78 is 0. The highest BCUT2D eigenvalue weighted by molar-refractivity contribution is 6.30. The van der Waals surface area contributed by atoms with E-state index in [2.05, 4.69) is 20.3 Å². The molecule has 0 unspecified atom stereocenters. The molecule has 8 nitrogen and oxygen atoms in total. The summed E-state index contributed by atoms with van der Waals surface area (Å²) in [6.07, 6.45) is -0.266. The molecule has 1 aliphatic heterocycles. The van der Waals surface area contributed by atoms with Crippen LogP contribution in [-0.2, 0) is 9.59 Å². The first-order valence-corrected chi connectivity index (χ1v) is 8.18. The van der Waals surface area contributed by atoms with Gasteiger partial charge in [-0.3, -0.25) is 10.1 Å². The Bertz CT molecular complexity index is 878. The summed E-state index contributed by atoms with van der Waals surface area (Å²) in [6.45, 7) is 3.58. The second-order valence-electron chi connectivity index (χ2n) is 5.82. The number of guanidine groups is 1. The number of nitrogens with one attached hydrogen (secondary N) is 1. The lowest BCUT2D eigenvalue weighted by atomic mass is 10.1. The summed E-state index contributed by atoms with van der Waals surface area (Å²) in [4.78, 5) is 37.6. The molecular formula is C17H15ClN5O3-. The lowest BCUT2D eigenvalue weighted by Crippen LogP contribution is -2.61. The molecule has 2 heterocycles. The highest BCUT2D eigenvalue weighted by Gasteiger charge is 2.33. The Balaban J connectivity index is 2.11. The van der Waals surface area contributed by atoms with Crippen molar-refractivity contribution in [3.8, 4) is 0 Å². The zero-order chi connectivity index (χ0) is 18.8. The van der Waals surface area contributed by atoms with Gasteiger partial charge in [0.05, 0.1) is 18.4 Å². The smallest absolute Gasteiger partial charge is 0.253 e. The van der Waals surface area contributed by atoms with Crippen LogP contribution in [0.5, 0.6) is 0 Å². The zero-order valence-corrected chi connectivity index (χ0v) is 14.8. The number of carbonyl (C=O) groups excluding carboxylic acids is 2. The second kappa shape index (κ2) is 7.09. The van der Waals surface area contributed by atoms with Crippen molar-refractivity contribution < 1.29 is 14.7 Å². The summed E-state index contributed by atoms with van der Waals surface area (Å²) in [5.41, 5.74) is 1.90. The third-order valence-corrected chi connectivity index (χ3v) is 3.98. The van der Waals surface area contributed by atoms with Gasteiger partial charge in [0.15, 0.2) is 0 Å². The van der Waals surface area contributed by atoms with Gasteiger partial charge < -0.3 is 14.8 Å². The Morgan fingerprint density at radius 2 is 1.88 bits per heavy atom. The monoisotopic (exact) mass is 372 g/mol. The number of anilines is 1. The molecule has 1 aromatic carbocycles. The quantitative estimate of drug-likeness (QED) is 0.856. The molecule has 1 fully saturated rings. The Labute approximate surface area is 154 Å². The fraction of sp³-hybridized carbons (Fsp3) is 0.235. The molecule has 0 aliphatic carbocycles.